The van der Waals surface area contributed by atoms with E-state index in [1.165, 1.54) is 6.92 Å². The second-order valence-corrected chi connectivity index (χ2v) is 3.19. The van der Waals surface area contributed by atoms with E-state index in [0.29, 0.717) is 5.69 Å². The van der Waals surface area contributed by atoms with Gasteiger partial charge in [0.1, 0.15) is 0 Å². The SMILES string of the molecule is CC(=O)N(N)c1ccccc1Br. The van der Waals surface area contributed by atoms with Gasteiger partial charge in [-0.25, -0.2) is 10.9 Å². The van der Waals surface area contributed by atoms with Gasteiger partial charge in [-0.3, -0.25) is 4.79 Å². The average molecular weight is 229 g/mol. The Hall–Kier alpha value is -0.870. The molecule has 0 saturated carbocycles. The molecule has 0 aliphatic carbocycles. The Morgan fingerprint density at radius 2 is 2.08 bits per heavy atom. The number of hydrazine groups is 1. The minimum Gasteiger partial charge on any atom is -0.273 e. The van der Waals surface area contributed by atoms with E-state index in [4.69, 9.17) is 5.84 Å². The number of nitrogens with zero attached hydrogens (tertiary/aromatic N) is 1. The molecule has 0 bridgehead atoms. The van der Waals surface area contributed by atoms with Gasteiger partial charge in [0.25, 0.3) is 0 Å². The summed E-state index contributed by atoms with van der Waals surface area (Å²) in [6.07, 6.45) is 0. The Bertz CT molecular complexity index is 301. The molecule has 0 spiro atoms. The lowest BCUT2D eigenvalue weighted by Gasteiger charge is -2.15. The van der Waals surface area contributed by atoms with Crippen LogP contribution in [0, 0.1) is 0 Å². The van der Waals surface area contributed by atoms with Crippen molar-refractivity contribution in [3.05, 3.63) is 28.7 Å². The third kappa shape index (κ3) is 1.84. The fourth-order valence-corrected chi connectivity index (χ4v) is 1.29. The molecule has 0 fully saturated rings. The number of carbonyl (C=O) groups is 1. The van der Waals surface area contributed by atoms with E-state index in [0.717, 1.165) is 9.48 Å². The highest BCUT2D eigenvalue weighted by Crippen LogP contribution is 2.23. The molecule has 3 nitrogen and oxygen atoms in total. The van der Waals surface area contributed by atoms with E-state index in [2.05, 4.69) is 15.9 Å². The van der Waals surface area contributed by atoms with Gasteiger partial charge in [-0.05, 0) is 28.1 Å². The molecule has 1 rings (SSSR count). The zero-order chi connectivity index (χ0) is 9.14. The highest BCUT2D eigenvalue weighted by molar-refractivity contribution is 9.10. The number of rotatable bonds is 1. The normalized spacial score (nSPS) is 9.58. The molecule has 0 atom stereocenters. The van der Waals surface area contributed by atoms with Crippen LogP contribution in [0.2, 0.25) is 0 Å². The van der Waals surface area contributed by atoms with Crippen LogP contribution in [-0.2, 0) is 4.79 Å². The lowest BCUT2D eigenvalue weighted by molar-refractivity contribution is -0.116. The van der Waals surface area contributed by atoms with Crippen molar-refractivity contribution >= 4 is 27.5 Å². The van der Waals surface area contributed by atoms with E-state index in [-0.39, 0.29) is 5.91 Å². The van der Waals surface area contributed by atoms with Gasteiger partial charge in [0.05, 0.1) is 5.69 Å². The molecule has 0 saturated heterocycles. The van der Waals surface area contributed by atoms with Crippen LogP contribution < -0.4 is 10.9 Å². The Morgan fingerprint density at radius 1 is 1.50 bits per heavy atom. The van der Waals surface area contributed by atoms with Gasteiger partial charge in [-0.15, -0.1) is 0 Å². The van der Waals surface area contributed by atoms with Crippen LogP contribution in [0.25, 0.3) is 0 Å². The van der Waals surface area contributed by atoms with E-state index < -0.39 is 0 Å². The van der Waals surface area contributed by atoms with Crippen LogP contribution in [0.15, 0.2) is 28.7 Å². The summed E-state index contributed by atoms with van der Waals surface area (Å²) in [4.78, 5) is 10.9. The highest BCUT2D eigenvalue weighted by atomic mass is 79.9. The molecule has 64 valence electrons. The number of amides is 1. The van der Waals surface area contributed by atoms with Crippen LogP contribution in [0.4, 0.5) is 5.69 Å². The monoisotopic (exact) mass is 228 g/mol. The number of para-hydroxylation sites is 1. The zero-order valence-electron chi connectivity index (χ0n) is 6.62. The molecule has 1 amide bonds. The van der Waals surface area contributed by atoms with Crippen molar-refractivity contribution in [2.24, 2.45) is 5.84 Å². The van der Waals surface area contributed by atoms with Crippen molar-refractivity contribution in [3.8, 4) is 0 Å². The van der Waals surface area contributed by atoms with Crippen molar-refractivity contribution in [1.29, 1.82) is 0 Å². The Morgan fingerprint density at radius 3 is 2.58 bits per heavy atom. The van der Waals surface area contributed by atoms with E-state index in [9.17, 15) is 4.79 Å². The zero-order valence-corrected chi connectivity index (χ0v) is 8.21. The summed E-state index contributed by atoms with van der Waals surface area (Å²) in [7, 11) is 0. The molecule has 0 aliphatic heterocycles. The maximum atomic E-state index is 10.9. The maximum Gasteiger partial charge on any atom is 0.238 e. The molecule has 0 aliphatic rings. The summed E-state index contributed by atoms with van der Waals surface area (Å²) < 4.78 is 0.808. The predicted molar refractivity (Wildman–Crippen MR) is 51.5 cm³/mol. The van der Waals surface area contributed by atoms with E-state index in [1.54, 1.807) is 6.07 Å². The summed E-state index contributed by atoms with van der Waals surface area (Å²) in [5, 5.41) is 1.10. The number of hydrogen-bond donors (Lipinski definition) is 1. The summed E-state index contributed by atoms with van der Waals surface area (Å²) in [5.41, 5.74) is 0.671. The number of hydrogen-bond acceptors (Lipinski definition) is 2. The standard InChI is InChI=1S/C8H9BrN2O/c1-6(12)11(10)8-5-3-2-4-7(8)9/h2-5H,10H2,1H3. The minimum absolute atomic E-state index is 0.193. The first-order valence-corrected chi connectivity index (χ1v) is 4.22. The maximum absolute atomic E-state index is 10.9. The van der Waals surface area contributed by atoms with Gasteiger partial charge in [0, 0.05) is 11.4 Å². The fraction of sp³-hybridized carbons (Fsp3) is 0.125. The molecule has 1 aromatic rings. The van der Waals surface area contributed by atoms with Crippen LogP contribution >= 0.6 is 15.9 Å². The third-order valence-corrected chi connectivity index (χ3v) is 2.12. The summed E-state index contributed by atoms with van der Waals surface area (Å²) >= 11 is 3.29. The Balaban J connectivity index is 3.02. The largest absolute Gasteiger partial charge is 0.273 e. The van der Waals surface area contributed by atoms with Crippen molar-refractivity contribution in [3.63, 3.8) is 0 Å². The van der Waals surface area contributed by atoms with Gasteiger partial charge < -0.3 is 0 Å². The lowest BCUT2D eigenvalue weighted by atomic mass is 10.3. The number of benzene rings is 1. The number of carbonyl (C=O) groups excluding carboxylic acids is 1. The van der Waals surface area contributed by atoms with Gasteiger partial charge in [0.2, 0.25) is 5.91 Å². The first-order valence-electron chi connectivity index (χ1n) is 3.43. The van der Waals surface area contributed by atoms with Crippen molar-refractivity contribution in [1.82, 2.24) is 0 Å². The van der Waals surface area contributed by atoms with E-state index >= 15 is 0 Å². The lowest BCUT2D eigenvalue weighted by Crippen LogP contribution is -2.35. The Kier molecular flexibility index (Phi) is 2.83. The molecular formula is C8H9BrN2O. The van der Waals surface area contributed by atoms with Crippen LogP contribution in [0.5, 0.6) is 0 Å². The summed E-state index contributed by atoms with van der Waals surface area (Å²) in [5.74, 6) is 5.30. The molecule has 0 radical (unpaired) electrons. The van der Waals surface area contributed by atoms with Crippen molar-refractivity contribution in [2.45, 2.75) is 6.92 Å². The molecule has 12 heavy (non-hydrogen) atoms. The molecule has 1 aromatic carbocycles. The second kappa shape index (κ2) is 3.69. The van der Waals surface area contributed by atoms with Crippen LogP contribution in [-0.4, -0.2) is 5.91 Å². The van der Waals surface area contributed by atoms with Crippen molar-refractivity contribution in [2.75, 3.05) is 5.01 Å². The first-order chi connectivity index (χ1) is 5.63. The van der Waals surface area contributed by atoms with Crippen LogP contribution in [0.1, 0.15) is 6.92 Å². The topological polar surface area (TPSA) is 46.3 Å². The molecule has 2 N–H and O–H groups in total. The third-order valence-electron chi connectivity index (χ3n) is 1.45. The molecular weight excluding hydrogens is 220 g/mol. The highest BCUT2D eigenvalue weighted by Gasteiger charge is 2.08. The first kappa shape index (κ1) is 9.22. The Labute approximate surface area is 79.3 Å². The van der Waals surface area contributed by atoms with Gasteiger partial charge in [-0.1, -0.05) is 12.1 Å². The summed E-state index contributed by atoms with van der Waals surface area (Å²) in [6, 6.07) is 7.29. The van der Waals surface area contributed by atoms with Gasteiger partial charge >= 0.3 is 0 Å². The minimum atomic E-state index is -0.193. The number of anilines is 1. The molecule has 4 heteroatoms. The van der Waals surface area contributed by atoms with Crippen molar-refractivity contribution < 1.29 is 4.79 Å². The molecule has 0 unspecified atom stereocenters. The molecule has 0 aromatic heterocycles. The number of halogens is 1. The number of nitrogens with two attached hydrogens (primary N) is 1. The quantitative estimate of drug-likeness (QED) is 0.452. The second-order valence-electron chi connectivity index (χ2n) is 2.34. The fourth-order valence-electron chi connectivity index (χ4n) is 0.817. The van der Waals surface area contributed by atoms with Crippen LogP contribution in [0.3, 0.4) is 0 Å². The molecule has 0 heterocycles. The summed E-state index contributed by atoms with van der Waals surface area (Å²) in [6.45, 7) is 1.42. The van der Waals surface area contributed by atoms with E-state index in [1.807, 2.05) is 18.2 Å². The van der Waals surface area contributed by atoms with Gasteiger partial charge in [-0.2, -0.15) is 0 Å². The van der Waals surface area contributed by atoms with Gasteiger partial charge in [0.15, 0.2) is 0 Å². The average Bonchev–Trinajstić information content (AvgIpc) is 2.04. The predicted octanol–water partition coefficient (Wildman–Crippen LogP) is 1.68. The smallest absolute Gasteiger partial charge is 0.238 e.